The van der Waals surface area contributed by atoms with E-state index in [-0.39, 0.29) is 6.08 Å². The molecule has 0 aliphatic rings. The predicted octanol–water partition coefficient (Wildman–Crippen LogP) is 5.29. The van der Waals surface area contributed by atoms with Gasteiger partial charge in [0.15, 0.2) is 0 Å². The monoisotopic (exact) mass is 289 g/mol. The molecule has 106 valence electrons. The van der Waals surface area contributed by atoms with E-state index in [0.29, 0.717) is 17.0 Å². The Morgan fingerprint density at radius 3 is 2.47 bits per heavy atom. The van der Waals surface area contributed by atoms with Crippen LogP contribution in [0.25, 0.3) is 0 Å². The summed E-state index contributed by atoms with van der Waals surface area (Å²) in [7, 11) is 0. The Labute approximate surface area is 116 Å². The SMILES string of the molecule is C=C(SC(C)=NCC)C(C=CC)=CC=CC(F)(F)F. The lowest BCUT2D eigenvalue weighted by molar-refractivity contribution is -0.0798. The van der Waals surface area contributed by atoms with Gasteiger partial charge in [-0.1, -0.05) is 42.6 Å². The summed E-state index contributed by atoms with van der Waals surface area (Å²) in [6.07, 6.45) is 1.74. The Balaban J connectivity index is 4.92. The summed E-state index contributed by atoms with van der Waals surface area (Å²) in [5.74, 6) is 0. The van der Waals surface area contributed by atoms with Crippen LogP contribution in [-0.2, 0) is 0 Å². The van der Waals surface area contributed by atoms with Crippen LogP contribution in [0.5, 0.6) is 0 Å². The van der Waals surface area contributed by atoms with E-state index in [0.717, 1.165) is 11.1 Å². The molecule has 0 aromatic heterocycles. The highest BCUT2D eigenvalue weighted by Crippen LogP contribution is 2.25. The zero-order valence-corrected chi connectivity index (χ0v) is 12.1. The maximum atomic E-state index is 12.0. The van der Waals surface area contributed by atoms with Gasteiger partial charge in [0, 0.05) is 17.5 Å². The normalized spacial score (nSPS) is 14.6. The van der Waals surface area contributed by atoms with Crippen molar-refractivity contribution in [3.8, 4) is 0 Å². The number of thioether (sulfide) groups is 1. The highest BCUT2D eigenvalue weighted by Gasteiger charge is 2.21. The van der Waals surface area contributed by atoms with Crippen molar-refractivity contribution >= 4 is 16.8 Å². The van der Waals surface area contributed by atoms with Gasteiger partial charge in [-0.15, -0.1) is 0 Å². The molecule has 0 rings (SSSR count). The van der Waals surface area contributed by atoms with Gasteiger partial charge in [-0.3, -0.25) is 4.99 Å². The Morgan fingerprint density at radius 2 is 2.00 bits per heavy atom. The molecule has 0 atom stereocenters. The number of nitrogens with zero attached hydrogens (tertiary/aromatic N) is 1. The van der Waals surface area contributed by atoms with Crippen LogP contribution in [0.1, 0.15) is 20.8 Å². The van der Waals surface area contributed by atoms with Crippen molar-refractivity contribution in [3.63, 3.8) is 0 Å². The summed E-state index contributed by atoms with van der Waals surface area (Å²) in [5.41, 5.74) is 0.638. The zero-order valence-electron chi connectivity index (χ0n) is 11.3. The first-order chi connectivity index (χ1) is 8.80. The van der Waals surface area contributed by atoms with E-state index in [1.807, 2.05) is 13.8 Å². The second-order valence-electron chi connectivity index (χ2n) is 3.54. The van der Waals surface area contributed by atoms with E-state index < -0.39 is 6.18 Å². The third-order valence-electron chi connectivity index (χ3n) is 1.88. The topological polar surface area (TPSA) is 12.4 Å². The summed E-state index contributed by atoms with van der Waals surface area (Å²) < 4.78 is 36.1. The van der Waals surface area contributed by atoms with Gasteiger partial charge in [0.25, 0.3) is 0 Å². The fraction of sp³-hybridized carbons (Fsp3) is 0.357. The summed E-state index contributed by atoms with van der Waals surface area (Å²) in [5, 5.41) is 0.836. The van der Waals surface area contributed by atoms with Crippen LogP contribution in [0.2, 0.25) is 0 Å². The van der Waals surface area contributed by atoms with E-state index in [2.05, 4.69) is 11.6 Å². The van der Waals surface area contributed by atoms with Gasteiger partial charge in [-0.2, -0.15) is 13.2 Å². The second kappa shape index (κ2) is 8.80. The minimum atomic E-state index is -4.30. The fourth-order valence-corrected chi connectivity index (χ4v) is 1.98. The van der Waals surface area contributed by atoms with Gasteiger partial charge in [0.2, 0.25) is 0 Å². The molecule has 1 nitrogen and oxygen atoms in total. The maximum Gasteiger partial charge on any atom is 0.409 e. The van der Waals surface area contributed by atoms with Crippen LogP contribution in [0, 0.1) is 0 Å². The van der Waals surface area contributed by atoms with Gasteiger partial charge in [-0.05, 0) is 26.3 Å². The quantitative estimate of drug-likeness (QED) is 0.380. The second-order valence-corrected chi connectivity index (χ2v) is 4.83. The van der Waals surface area contributed by atoms with Crippen LogP contribution in [0.15, 0.2) is 52.4 Å². The molecule has 0 heterocycles. The molecule has 0 spiro atoms. The molecule has 5 heteroatoms. The molecular formula is C14H18F3NS. The van der Waals surface area contributed by atoms with Gasteiger partial charge in [-0.25, -0.2) is 0 Å². The van der Waals surface area contributed by atoms with Gasteiger partial charge in [0.05, 0.1) is 5.04 Å². The Kier molecular flexibility index (Phi) is 8.23. The summed E-state index contributed by atoms with van der Waals surface area (Å²) in [4.78, 5) is 4.86. The molecule has 0 amide bonds. The standard InChI is InChI=1S/C14H18F3NS/c1-5-8-13(9-7-10-14(15,16)17)11(3)19-12(4)18-6-2/h5,7-10H,3,6H2,1-2,4H3. The molecule has 0 radical (unpaired) electrons. The number of aliphatic imine (C=N–C) groups is 1. The van der Waals surface area contributed by atoms with E-state index in [9.17, 15) is 13.2 Å². The smallest absolute Gasteiger partial charge is 0.283 e. The highest BCUT2D eigenvalue weighted by atomic mass is 32.2. The molecule has 0 saturated heterocycles. The largest absolute Gasteiger partial charge is 0.409 e. The van der Waals surface area contributed by atoms with Crippen LogP contribution in [-0.4, -0.2) is 17.8 Å². The molecule has 0 aromatic rings. The van der Waals surface area contributed by atoms with Crippen molar-refractivity contribution in [1.29, 1.82) is 0 Å². The summed E-state index contributed by atoms with van der Waals surface area (Å²) >= 11 is 1.35. The molecule has 0 saturated carbocycles. The van der Waals surface area contributed by atoms with Crippen molar-refractivity contribution in [2.75, 3.05) is 6.54 Å². The summed E-state index contributed by atoms with van der Waals surface area (Å²) in [6, 6.07) is 0. The average Bonchev–Trinajstić information content (AvgIpc) is 2.26. The fourth-order valence-electron chi connectivity index (χ4n) is 1.17. The van der Waals surface area contributed by atoms with Crippen LogP contribution >= 0.6 is 11.8 Å². The molecule has 0 aromatic carbocycles. The van der Waals surface area contributed by atoms with Crippen molar-refractivity contribution in [3.05, 3.63) is 47.4 Å². The maximum absolute atomic E-state index is 12.0. The molecule has 0 fully saturated rings. The first-order valence-electron chi connectivity index (χ1n) is 5.77. The molecule has 0 unspecified atom stereocenters. The predicted molar refractivity (Wildman–Crippen MR) is 78.5 cm³/mol. The lowest BCUT2D eigenvalue weighted by Gasteiger charge is -2.05. The van der Waals surface area contributed by atoms with Crippen molar-refractivity contribution in [2.45, 2.75) is 26.9 Å². The van der Waals surface area contributed by atoms with E-state index in [4.69, 9.17) is 0 Å². The number of rotatable bonds is 5. The molecule has 0 N–H and O–H groups in total. The van der Waals surface area contributed by atoms with Gasteiger partial charge < -0.3 is 0 Å². The first-order valence-corrected chi connectivity index (χ1v) is 6.59. The Morgan fingerprint density at radius 1 is 1.37 bits per heavy atom. The Bertz CT molecular complexity index is 415. The van der Waals surface area contributed by atoms with E-state index in [1.54, 1.807) is 19.1 Å². The first kappa shape index (κ1) is 17.8. The van der Waals surface area contributed by atoms with E-state index >= 15 is 0 Å². The number of alkyl halides is 3. The van der Waals surface area contributed by atoms with Crippen LogP contribution < -0.4 is 0 Å². The molecular weight excluding hydrogens is 271 g/mol. The number of halogens is 3. The van der Waals surface area contributed by atoms with E-state index in [1.165, 1.54) is 17.8 Å². The van der Waals surface area contributed by atoms with Crippen LogP contribution in [0.4, 0.5) is 13.2 Å². The summed E-state index contributed by atoms with van der Waals surface area (Å²) in [6.45, 7) is 10.1. The zero-order chi connectivity index (χ0) is 14.9. The number of hydrogen-bond donors (Lipinski definition) is 0. The Hall–Kier alpha value is -1.23. The van der Waals surface area contributed by atoms with Gasteiger partial charge in [0.1, 0.15) is 0 Å². The third-order valence-corrected chi connectivity index (χ3v) is 2.79. The lowest BCUT2D eigenvalue weighted by Crippen LogP contribution is -2.00. The average molecular weight is 289 g/mol. The minimum absolute atomic E-state index is 0.196. The van der Waals surface area contributed by atoms with Gasteiger partial charge >= 0.3 is 6.18 Å². The number of hydrogen-bond acceptors (Lipinski definition) is 2. The minimum Gasteiger partial charge on any atom is -0.283 e. The molecule has 0 aliphatic heterocycles. The van der Waals surface area contributed by atoms with Crippen LogP contribution in [0.3, 0.4) is 0 Å². The lowest BCUT2D eigenvalue weighted by atomic mass is 10.2. The molecule has 19 heavy (non-hydrogen) atoms. The number of allylic oxidation sites excluding steroid dienone is 6. The van der Waals surface area contributed by atoms with Crippen molar-refractivity contribution < 1.29 is 13.2 Å². The molecule has 0 bridgehead atoms. The van der Waals surface area contributed by atoms with Crippen molar-refractivity contribution in [2.24, 2.45) is 4.99 Å². The third kappa shape index (κ3) is 9.36. The highest BCUT2D eigenvalue weighted by molar-refractivity contribution is 8.17. The molecule has 0 aliphatic carbocycles. The van der Waals surface area contributed by atoms with Crippen molar-refractivity contribution in [1.82, 2.24) is 0 Å².